The molecule has 0 amide bonds. The minimum absolute atomic E-state index is 0.390. The summed E-state index contributed by atoms with van der Waals surface area (Å²) >= 11 is 3.29. The number of aromatic nitrogens is 4. The van der Waals surface area contributed by atoms with E-state index in [-0.39, 0.29) is 11.2 Å². The molecule has 2 aromatic heterocycles. The molecular formula is C22H34BBrN4O4. The largest absolute Gasteiger partial charge is 0.498 e. The van der Waals surface area contributed by atoms with Crippen molar-refractivity contribution >= 4 is 28.5 Å². The molecule has 3 heterocycles. The molecule has 32 heavy (non-hydrogen) atoms. The highest BCUT2D eigenvalue weighted by atomic mass is 79.9. The third kappa shape index (κ3) is 6.11. The Morgan fingerprint density at radius 2 is 1.22 bits per heavy atom. The number of aliphatic hydroxyl groups is 2. The summed E-state index contributed by atoms with van der Waals surface area (Å²) in [5, 5.41) is 19.5. The van der Waals surface area contributed by atoms with Crippen LogP contribution < -0.4 is 5.46 Å². The Balaban J connectivity index is 0.000000258. The topological polar surface area (TPSA) is 110 Å². The highest BCUT2D eigenvalue weighted by molar-refractivity contribution is 9.10. The van der Waals surface area contributed by atoms with Gasteiger partial charge in [0.2, 0.25) is 0 Å². The van der Waals surface area contributed by atoms with Crippen molar-refractivity contribution in [1.82, 2.24) is 19.9 Å². The molecule has 0 bridgehead atoms. The molecule has 0 saturated carbocycles. The average molecular weight is 509 g/mol. The Morgan fingerprint density at radius 3 is 1.59 bits per heavy atom. The fourth-order valence-corrected chi connectivity index (χ4v) is 2.91. The van der Waals surface area contributed by atoms with Crippen molar-refractivity contribution in [3.05, 3.63) is 39.9 Å². The van der Waals surface area contributed by atoms with E-state index in [4.69, 9.17) is 9.31 Å². The van der Waals surface area contributed by atoms with Gasteiger partial charge in [0.05, 0.1) is 21.4 Å². The summed E-state index contributed by atoms with van der Waals surface area (Å²) in [6, 6.07) is 0. The van der Waals surface area contributed by atoms with Crippen LogP contribution in [0, 0.1) is 13.8 Å². The van der Waals surface area contributed by atoms with Crippen molar-refractivity contribution < 1.29 is 19.5 Å². The molecule has 2 N–H and O–H groups in total. The number of nitrogens with zero attached hydrogens (tertiary/aromatic N) is 4. The fourth-order valence-electron chi connectivity index (χ4n) is 2.72. The molecule has 8 nitrogen and oxygen atoms in total. The molecule has 0 aliphatic carbocycles. The minimum Gasteiger partial charge on any atom is -0.399 e. The van der Waals surface area contributed by atoms with E-state index in [0.717, 1.165) is 21.3 Å². The SMILES string of the molecule is Cc1nc(C(C)(C)O)ncc1B1OC(C)(C)C(C)(C)O1.Cc1nc(C(C)(C)O)ncc1Br. The van der Waals surface area contributed by atoms with Gasteiger partial charge in [-0.25, -0.2) is 19.9 Å². The second kappa shape index (κ2) is 9.06. The highest BCUT2D eigenvalue weighted by Crippen LogP contribution is 2.36. The van der Waals surface area contributed by atoms with E-state index in [1.54, 1.807) is 40.1 Å². The van der Waals surface area contributed by atoms with Gasteiger partial charge in [-0.05, 0) is 85.2 Å². The fraction of sp³-hybridized carbons (Fsp3) is 0.636. The molecule has 3 rings (SSSR count). The summed E-state index contributed by atoms with van der Waals surface area (Å²) < 4.78 is 12.8. The van der Waals surface area contributed by atoms with E-state index in [2.05, 4.69) is 35.9 Å². The number of hydrogen-bond donors (Lipinski definition) is 2. The van der Waals surface area contributed by atoms with Gasteiger partial charge in [0, 0.05) is 23.6 Å². The second-order valence-electron chi connectivity index (χ2n) is 10.1. The van der Waals surface area contributed by atoms with Gasteiger partial charge in [-0.3, -0.25) is 0 Å². The van der Waals surface area contributed by atoms with Crippen molar-refractivity contribution in [3.8, 4) is 0 Å². The van der Waals surface area contributed by atoms with Crippen molar-refractivity contribution in [3.63, 3.8) is 0 Å². The summed E-state index contributed by atoms with van der Waals surface area (Å²) in [4.78, 5) is 16.7. The lowest BCUT2D eigenvalue weighted by molar-refractivity contribution is 0.00578. The van der Waals surface area contributed by atoms with E-state index >= 15 is 0 Å². The Bertz CT molecular complexity index is 955. The maximum Gasteiger partial charge on any atom is 0.498 e. The zero-order valence-corrected chi connectivity index (χ0v) is 22.2. The first-order valence-corrected chi connectivity index (χ1v) is 11.3. The van der Waals surface area contributed by atoms with Gasteiger partial charge in [0.25, 0.3) is 0 Å². The quantitative estimate of drug-likeness (QED) is 0.608. The zero-order valence-electron chi connectivity index (χ0n) is 20.6. The molecule has 0 atom stereocenters. The standard InChI is InChI=1S/C14H23BN2O3.C8H11BrN2O/c1-9-10(8-16-11(17-9)12(2,3)18)15-19-13(4,5)14(6,7)20-15;1-5-6(9)4-10-7(11-5)8(2,3)12/h8,18H,1-7H3;4,12H,1-3H3. The summed E-state index contributed by atoms with van der Waals surface area (Å²) in [5.41, 5.74) is -0.405. The van der Waals surface area contributed by atoms with Gasteiger partial charge in [-0.1, -0.05) is 0 Å². The lowest BCUT2D eigenvalue weighted by Gasteiger charge is -2.32. The van der Waals surface area contributed by atoms with Crippen molar-refractivity contribution in [2.45, 2.75) is 91.6 Å². The summed E-state index contributed by atoms with van der Waals surface area (Å²) in [6.07, 6.45) is 3.33. The van der Waals surface area contributed by atoms with Crippen LogP contribution >= 0.6 is 15.9 Å². The van der Waals surface area contributed by atoms with E-state index in [0.29, 0.717) is 11.6 Å². The average Bonchev–Trinajstić information content (AvgIpc) is 2.83. The van der Waals surface area contributed by atoms with Crippen molar-refractivity contribution in [2.75, 3.05) is 0 Å². The van der Waals surface area contributed by atoms with Gasteiger partial charge in [0.15, 0.2) is 11.6 Å². The van der Waals surface area contributed by atoms with Crippen LogP contribution in [0.25, 0.3) is 0 Å². The molecule has 1 aliphatic rings. The molecule has 0 radical (unpaired) electrons. The summed E-state index contributed by atoms with van der Waals surface area (Å²) in [6.45, 7) is 18.4. The Labute approximate surface area is 199 Å². The lowest BCUT2D eigenvalue weighted by atomic mass is 9.79. The normalized spacial score (nSPS) is 17.7. The highest BCUT2D eigenvalue weighted by Gasteiger charge is 2.52. The number of halogens is 1. The smallest absolute Gasteiger partial charge is 0.399 e. The van der Waals surface area contributed by atoms with Crippen LogP contribution in [0.5, 0.6) is 0 Å². The predicted molar refractivity (Wildman–Crippen MR) is 127 cm³/mol. The first-order valence-electron chi connectivity index (χ1n) is 10.5. The van der Waals surface area contributed by atoms with E-state index in [1.807, 2.05) is 41.5 Å². The first-order chi connectivity index (χ1) is 14.3. The van der Waals surface area contributed by atoms with Crippen LogP contribution in [0.4, 0.5) is 0 Å². The third-order valence-corrected chi connectivity index (χ3v) is 6.32. The molecule has 1 saturated heterocycles. The van der Waals surface area contributed by atoms with Crippen LogP contribution in [0.1, 0.15) is 78.4 Å². The van der Waals surface area contributed by atoms with Crippen molar-refractivity contribution in [1.29, 1.82) is 0 Å². The molecule has 10 heteroatoms. The lowest BCUT2D eigenvalue weighted by Crippen LogP contribution is -2.41. The first kappa shape index (κ1) is 26.8. The minimum atomic E-state index is -1.06. The molecule has 0 unspecified atom stereocenters. The van der Waals surface area contributed by atoms with Gasteiger partial charge < -0.3 is 19.5 Å². The van der Waals surface area contributed by atoms with Crippen molar-refractivity contribution in [2.24, 2.45) is 0 Å². The summed E-state index contributed by atoms with van der Waals surface area (Å²) in [7, 11) is -0.476. The molecule has 176 valence electrons. The predicted octanol–water partition coefficient (Wildman–Crippen LogP) is 3.09. The van der Waals surface area contributed by atoms with E-state index in [9.17, 15) is 10.2 Å². The van der Waals surface area contributed by atoms with Gasteiger partial charge in [0.1, 0.15) is 11.2 Å². The second-order valence-corrected chi connectivity index (χ2v) is 10.9. The Morgan fingerprint density at radius 1 is 0.812 bits per heavy atom. The molecule has 2 aromatic rings. The Kier molecular flexibility index (Phi) is 7.59. The van der Waals surface area contributed by atoms with Gasteiger partial charge in [-0.2, -0.15) is 0 Å². The number of rotatable bonds is 3. The zero-order chi connectivity index (χ0) is 24.7. The number of hydrogen-bond acceptors (Lipinski definition) is 8. The number of aryl methyl sites for hydroxylation is 2. The summed E-state index contributed by atoms with van der Waals surface area (Å²) in [5.74, 6) is 0.846. The molecular weight excluding hydrogens is 475 g/mol. The van der Waals surface area contributed by atoms with Crippen LogP contribution in [-0.4, -0.2) is 48.5 Å². The van der Waals surface area contributed by atoms with Gasteiger partial charge >= 0.3 is 7.12 Å². The van der Waals surface area contributed by atoms with Crippen LogP contribution in [0.15, 0.2) is 16.9 Å². The maximum absolute atomic E-state index is 9.95. The molecule has 0 spiro atoms. The molecule has 0 aromatic carbocycles. The monoisotopic (exact) mass is 508 g/mol. The van der Waals surface area contributed by atoms with E-state index < -0.39 is 18.3 Å². The van der Waals surface area contributed by atoms with Crippen LogP contribution in [-0.2, 0) is 20.5 Å². The third-order valence-electron chi connectivity index (χ3n) is 5.54. The van der Waals surface area contributed by atoms with Gasteiger partial charge in [-0.15, -0.1) is 0 Å². The van der Waals surface area contributed by atoms with Crippen LogP contribution in [0.3, 0.4) is 0 Å². The van der Waals surface area contributed by atoms with E-state index in [1.165, 1.54) is 0 Å². The maximum atomic E-state index is 9.95. The van der Waals surface area contributed by atoms with Crippen LogP contribution in [0.2, 0.25) is 0 Å². The molecule has 1 aliphatic heterocycles. The molecule has 1 fully saturated rings. The Hall–Kier alpha value is -1.46.